The lowest BCUT2D eigenvalue weighted by molar-refractivity contribution is 0.0697. The highest BCUT2D eigenvalue weighted by molar-refractivity contribution is 5.87. The Labute approximate surface area is 186 Å². The number of hydrogen-bond donors (Lipinski definition) is 2. The molecule has 0 saturated heterocycles. The van der Waals surface area contributed by atoms with Crippen molar-refractivity contribution in [1.82, 2.24) is 28.5 Å². The van der Waals surface area contributed by atoms with Gasteiger partial charge in [-0.05, 0) is 36.8 Å². The fourth-order valence-electron chi connectivity index (χ4n) is 3.99. The normalized spacial score (nSPS) is 11.4. The number of nitrogens with one attached hydrogen (secondary N) is 1. The molecular formula is C23H20N6O4. The summed E-state index contributed by atoms with van der Waals surface area (Å²) in [6.45, 7) is 2.44. The van der Waals surface area contributed by atoms with E-state index >= 15 is 0 Å². The van der Waals surface area contributed by atoms with Gasteiger partial charge >= 0.3 is 11.7 Å². The summed E-state index contributed by atoms with van der Waals surface area (Å²) in [5.41, 5.74) is 2.11. The van der Waals surface area contributed by atoms with E-state index in [1.54, 1.807) is 16.7 Å². The molecule has 0 spiro atoms. The zero-order chi connectivity index (χ0) is 23.1. The third-order valence-electron chi connectivity index (χ3n) is 5.58. The summed E-state index contributed by atoms with van der Waals surface area (Å²) < 4.78 is 5.09. The molecule has 0 saturated carbocycles. The van der Waals surface area contributed by atoms with Crippen LogP contribution in [0.2, 0.25) is 0 Å². The van der Waals surface area contributed by atoms with Crippen molar-refractivity contribution in [3.8, 4) is 0 Å². The van der Waals surface area contributed by atoms with Gasteiger partial charge in [-0.15, -0.1) is 0 Å². The van der Waals surface area contributed by atoms with Crippen LogP contribution in [0.4, 0.5) is 0 Å². The Morgan fingerprint density at radius 3 is 2.55 bits per heavy atom. The monoisotopic (exact) mass is 444 g/mol. The van der Waals surface area contributed by atoms with Crippen LogP contribution in [0, 0.1) is 0 Å². The van der Waals surface area contributed by atoms with Crippen LogP contribution in [0.25, 0.3) is 16.8 Å². The van der Waals surface area contributed by atoms with Crippen LogP contribution in [0.3, 0.4) is 0 Å². The molecular weight excluding hydrogens is 424 g/mol. The molecule has 4 aromatic heterocycles. The molecule has 1 aromatic carbocycles. The van der Waals surface area contributed by atoms with Crippen LogP contribution in [-0.4, -0.2) is 39.6 Å². The van der Waals surface area contributed by atoms with E-state index in [2.05, 4.69) is 15.0 Å². The number of carboxylic acid groups (broad SMARTS) is 1. The Morgan fingerprint density at radius 2 is 1.85 bits per heavy atom. The summed E-state index contributed by atoms with van der Waals surface area (Å²) in [5.74, 6) is -0.431. The number of benzene rings is 1. The quantitative estimate of drug-likeness (QED) is 0.412. The van der Waals surface area contributed by atoms with Gasteiger partial charge in [0.15, 0.2) is 11.2 Å². The molecule has 0 atom stereocenters. The second kappa shape index (κ2) is 7.90. The average molecular weight is 444 g/mol. The Kier molecular flexibility index (Phi) is 4.89. The summed E-state index contributed by atoms with van der Waals surface area (Å²) in [7, 11) is 0. The molecule has 2 N–H and O–H groups in total. The molecule has 0 radical (unpaired) electrons. The first-order valence-corrected chi connectivity index (χ1v) is 10.4. The number of aromatic carboxylic acids is 1. The van der Waals surface area contributed by atoms with Crippen LogP contribution < -0.4 is 11.2 Å². The van der Waals surface area contributed by atoms with Crippen LogP contribution in [0.5, 0.6) is 0 Å². The number of carbonyl (C=O) groups is 1. The van der Waals surface area contributed by atoms with Gasteiger partial charge in [-0.1, -0.05) is 18.2 Å². The van der Waals surface area contributed by atoms with E-state index < -0.39 is 17.2 Å². The second-order valence-corrected chi connectivity index (χ2v) is 7.67. The highest BCUT2D eigenvalue weighted by Gasteiger charge is 2.19. The summed E-state index contributed by atoms with van der Waals surface area (Å²) in [6, 6.07) is 12.2. The molecule has 5 aromatic rings. The number of H-pyrrole nitrogens is 1. The topological polar surface area (TPSA) is 127 Å². The van der Waals surface area contributed by atoms with Crippen LogP contribution in [0.15, 0.2) is 64.4 Å². The van der Waals surface area contributed by atoms with E-state index in [-0.39, 0.29) is 17.6 Å². The number of fused-ring (bicyclic) bond motifs is 2. The number of aromatic amines is 1. The lowest BCUT2D eigenvalue weighted by Gasteiger charge is -2.09. The van der Waals surface area contributed by atoms with Crippen LogP contribution >= 0.6 is 0 Å². The molecule has 33 heavy (non-hydrogen) atoms. The molecule has 0 bridgehead atoms. The first-order chi connectivity index (χ1) is 15.9. The number of pyridine rings is 1. The smallest absolute Gasteiger partial charge is 0.335 e. The minimum absolute atomic E-state index is 0.178. The van der Waals surface area contributed by atoms with Crippen molar-refractivity contribution in [3.63, 3.8) is 0 Å². The van der Waals surface area contributed by atoms with Gasteiger partial charge in [-0.25, -0.2) is 19.6 Å². The van der Waals surface area contributed by atoms with E-state index in [9.17, 15) is 14.4 Å². The molecule has 10 nitrogen and oxygen atoms in total. The van der Waals surface area contributed by atoms with Crippen molar-refractivity contribution in [2.75, 3.05) is 0 Å². The zero-order valence-electron chi connectivity index (χ0n) is 17.7. The summed E-state index contributed by atoms with van der Waals surface area (Å²) >= 11 is 0. The minimum atomic E-state index is -1.01. The van der Waals surface area contributed by atoms with E-state index in [1.807, 2.05) is 41.9 Å². The van der Waals surface area contributed by atoms with Gasteiger partial charge in [-0.3, -0.25) is 14.3 Å². The Hall–Kier alpha value is -4.47. The fraction of sp³-hybridized carbons (Fsp3) is 0.174. The van der Waals surface area contributed by atoms with E-state index in [0.717, 1.165) is 16.9 Å². The van der Waals surface area contributed by atoms with Crippen molar-refractivity contribution in [2.45, 2.75) is 26.4 Å². The highest BCUT2D eigenvalue weighted by Crippen LogP contribution is 2.18. The molecule has 0 aliphatic heterocycles. The van der Waals surface area contributed by atoms with Crippen molar-refractivity contribution in [2.24, 2.45) is 0 Å². The number of imidazole rings is 2. The maximum atomic E-state index is 12.8. The summed E-state index contributed by atoms with van der Waals surface area (Å²) in [5, 5.41) is 9.16. The fourth-order valence-corrected chi connectivity index (χ4v) is 3.99. The molecule has 0 aliphatic rings. The van der Waals surface area contributed by atoms with Crippen molar-refractivity contribution in [3.05, 3.63) is 98.3 Å². The van der Waals surface area contributed by atoms with Gasteiger partial charge in [0.2, 0.25) is 0 Å². The van der Waals surface area contributed by atoms with Gasteiger partial charge in [0.1, 0.15) is 11.5 Å². The van der Waals surface area contributed by atoms with E-state index in [4.69, 9.17) is 5.11 Å². The van der Waals surface area contributed by atoms with Crippen LogP contribution in [0.1, 0.15) is 34.4 Å². The predicted octanol–water partition coefficient (Wildman–Crippen LogP) is 1.89. The zero-order valence-corrected chi connectivity index (χ0v) is 17.7. The molecule has 0 amide bonds. The van der Waals surface area contributed by atoms with Crippen molar-refractivity contribution < 1.29 is 9.90 Å². The first kappa shape index (κ1) is 20.4. The Balaban J connectivity index is 1.66. The average Bonchev–Trinajstić information content (AvgIpc) is 3.36. The molecule has 0 unspecified atom stereocenters. The lowest BCUT2D eigenvalue weighted by Crippen LogP contribution is -2.30. The number of aryl methyl sites for hydroxylation is 1. The highest BCUT2D eigenvalue weighted by atomic mass is 16.4. The van der Waals surface area contributed by atoms with E-state index in [1.165, 1.54) is 16.7 Å². The van der Waals surface area contributed by atoms with Gasteiger partial charge in [-0.2, -0.15) is 0 Å². The lowest BCUT2D eigenvalue weighted by atomic mass is 10.1. The van der Waals surface area contributed by atoms with Crippen molar-refractivity contribution in [1.29, 1.82) is 0 Å². The molecule has 5 rings (SSSR count). The third-order valence-corrected chi connectivity index (χ3v) is 5.58. The third kappa shape index (κ3) is 3.61. The SMILES string of the molecule is CCn1c(=O)[nH]c(=O)c2c1nc(Cc1cn3ccccc3n1)n2Cc1ccc(C(=O)O)cc1. The van der Waals surface area contributed by atoms with Gasteiger partial charge in [0.25, 0.3) is 5.56 Å². The van der Waals surface area contributed by atoms with Gasteiger partial charge < -0.3 is 14.1 Å². The van der Waals surface area contributed by atoms with Gasteiger partial charge in [0, 0.05) is 31.9 Å². The summed E-state index contributed by atoms with van der Waals surface area (Å²) in [6.07, 6.45) is 4.15. The second-order valence-electron chi connectivity index (χ2n) is 7.67. The maximum absolute atomic E-state index is 12.8. The molecule has 0 fully saturated rings. The Bertz CT molecular complexity index is 1590. The van der Waals surface area contributed by atoms with Crippen LogP contribution in [-0.2, 0) is 19.5 Å². The number of nitrogens with zero attached hydrogens (tertiary/aromatic N) is 5. The maximum Gasteiger partial charge on any atom is 0.335 e. The largest absolute Gasteiger partial charge is 0.478 e. The number of hydrogen-bond acceptors (Lipinski definition) is 5. The number of aromatic nitrogens is 6. The molecule has 0 aliphatic carbocycles. The summed E-state index contributed by atoms with van der Waals surface area (Å²) in [4.78, 5) is 48.0. The van der Waals surface area contributed by atoms with E-state index in [0.29, 0.717) is 24.4 Å². The standard InChI is InChI=1S/C23H20N6O4/c1-2-28-20-19(21(30)26-23(28)33)29(12-14-6-8-15(9-7-14)22(31)32)18(25-20)11-16-13-27-10-4-3-5-17(27)24-16/h3-10,13H,2,11-12H2,1H3,(H,31,32)(H,26,30,33). The molecule has 10 heteroatoms. The molecule has 4 heterocycles. The number of carboxylic acids is 1. The van der Waals surface area contributed by atoms with Crippen molar-refractivity contribution >= 4 is 22.8 Å². The Morgan fingerprint density at radius 1 is 1.06 bits per heavy atom. The number of rotatable bonds is 6. The van der Waals surface area contributed by atoms with Gasteiger partial charge in [0.05, 0.1) is 11.3 Å². The molecule has 166 valence electrons. The minimum Gasteiger partial charge on any atom is -0.478 e. The predicted molar refractivity (Wildman–Crippen MR) is 121 cm³/mol. The first-order valence-electron chi connectivity index (χ1n) is 10.4.